The zero-order valence-corrected chi connectivity index (χ0v) is 14.8. The highest BCUT2D eigenvalue weighted by atomic mass is 79.9. The van der Waals surface area contributed by atoms with Gasteiger partial charge in [0.05, 0.1) is 9.50 Å². The number of pyridine rings is 1. The first kappa shape index (κ1) is 14.5. The van der Waals surface area contributed by atoms with Crippen molar-refractivity contribution in [3.63, 3.8) is 0 Å². The van der Waals surface area contributed by atoms with E-state index in [-0.39, 0.29) is 10.8 Å². The van der Waals surface area contributed by atoms with Gasteiger partial charge in [0.15, 0.2) is 5.82 Å². The fourth-order valence-corrected chi connectivity index (χ4v) is 4.59. The average molecular weight is 384 g/mol. The highest BCUT2D eigenvalue weighted by Crippen LogP contribution is 2.57. The van der Waals surface area contributed by atoms with Gasteiger partial charge in [0.1, 0.15) is 5.82 Å². The predicted molar refractivity (Wildman–Crippen MR) is 87.4 cm³/mol. The van der Waals surface area contributed by atoms with Crippen molar-refractivity contribution in [2.45, 2.75) is 43.9 Å². The van der Waals surface area contributed by atoms with E-state index in [9.17, 15) is 0 Å². The molecule has 116 valence electrons. The number of aryl methyl sites for hydroxylation is 1. The molecule has 0 bridgehead atoms. The number of hydrogen-bond acceptors (Lipinski definition) is 5. The monoisotopic (exact) mass is 382 g/mol. The van der Waals surface area contributed by atoms with Gasteiger partial charge in [-0.3, -0.25) is 0 Å². The molecule has 2 atom stereocenters. The Hall–Kier alpha value is -1.14. The number of halogens is 2. The number of nitrogens with zero attached hydrogens (tertiary/aromatic N) is 3. The van der Waals surface area contributed by atoms with Crippen molar-refractivity contribution in [2.75, 3.05) is 11.9 Å². The van der Waals surface area contributed by atoms with Gasteiger partial charge in [-0.25, -0.2) is 4.98 Å². The van der Waals surface area contributed by atoms with E-state index in [0.29, 0.717) is 5.82 Å². The van der Waals surface area contributed by atoms with Gasteiger partial charge in [-0.15, -0.1) is 0 Å². The van der Waals surface area contributed by atoms with Crippen LogP contribution in [0, 0.1) is 6.92 Å². The SMILES string of the molecule is Cc1noc(C2(C)CCC3(CNc4ncc(Br)c(Cl)c43)C2)n1. The maximum absolute atomic E-state index is 6.57. The molecular formula is C15H16BrClN4O. The number of anilines is 1. The molecule has 5 nitrogen and oxygen atoms in total. The first-order chi connectivity index (χ1) is 10.4. The van der Waals surface area contributed by atoms with E-state index in [1.807, 2.05) is 6.92 Å². The lowest BCUT2D eigenvalue weighted by Gasteiger charge is -2.27. The van der Waals surface area contributed by atoms with Crippen molar-refractivity contribution in [1.29, 1.82) is 0 Å². The third-order valence-corrected chi connectivity index (χ3v) is 6.25. The summed E-state index contributed by atoms with van der Waals surface area (Å²) in [6.45, 7) is 4.91. The topological polar surface area (TPSA) is 63.8 Å². The lowest BCUT2D eigenvalue weighted by atomic mass is 9.77. The van der Waals surface area contributed by atoms with Gasteiger partial charge < -0.3 is 9.84 Å². The van der Waals surface area contributed by atoms with Crippen molar-refractivity contribution in [2.24, 2.45) is 0 Å². The van der Waals surface area contributed by atoms with Crippen LogP contribution >= 0.6 is 27.5 Å². The van der Waals surface area contributed by atoms with Gasteiger partial charge in [0.2, 0.25) is 5.89 Å². The zero-order valence-electron chi connectivity index (χ0n) is 12.4. The van der Waals surface area contributed by atoms with Crippen molar-refractivity contribution >= 4 is 33.3 Å². The van der Waals surface area contributed by atoms with Crippen molar-refractivity contribution in [3.05, 3.63) is 33.0 Å². The molecule has 2 aliphatic rings. The highest BCUT2D eigenvalue weighted by Gasteiger charge is 2.54. The van der Waals surface area contributed by atoms with Crippen LogP contribution in [0.1, 0.15) is 43.5 Å². The minimum atomic E-state index is -0.115. The predicted octanol–water partition coefficient (Wildman–Crippen LogP) is 3.99. The second-order valence-corrected chi connectivity index (χ2v) is 7.89. The molecule has 2 aromatic rings. The molecule has 2 unspecified atom stereocenters. The van der Waals surface area contributed by atoms with Crippen LogP contribution in [0.3, 0.4) is 0 Å². The van der Waals surface area contributed by atoms with Crippen LogP contribution in [0.5, 0.6) is 0 Å². The normalized spacial score (nSPS) is 29.8. The van der Waals surface area contributed by atoms with E-state index in [0.717, 1.165) is 52.6 Å². The van der Waals surface area contributed by atoms with E-state index in [4.69, 9.17) is 16.1 Å². The summed E-state index contributed by atoms with van der Waals surface area (Å²) in [5.41, 5.74) is 1.000. The molecule has 1 aliphatic heterocycles. The lowest BCUT2D eigenvalue weighted by Crippen LogP contribution is -2.29. The fourth-order valence-electron chi connectivity index (χ4n) is 3.95. The quantitative estimate of drug-likeness (QED) is 0.806. The summed E-state index contributed by atoms with van der Waals surface area (Å²) in [7, 11) is 0. The molecule has 1 aliphatic carbocycles. The smallest absolute Gasteiger partial charge is 0.232 e. The molecule has 1 spiro atoms. The molecule has 4 rings (SSSR count). The summed E-state index contributed by atoms with van der Waals surface area (Å²) in [4.78, 5) is 8.93. The molecule has 0 aromatic carbocycles. The molecule has 7 heteroatoms. The zero-order chi connectivity index (χ0) is 15.5. The Morgan fingerprint density at radius 3 is 2.95 bits per heavy atom. The maximum Gasteiger partial charge on any atom is 0.232 e. The molecule has 3 heterocycles. The van der Waals surface area contributed by atoms with Crippen molar-refractivity contribution in [1.82, 2.24) is 15.1 Å². The van der Waals surface area contributed by atoms with Gasteiger partial charge >= 0.3 is 0 Å². The third-order valence-electron chi connectivity index (χ3n) is 5.03. The molecule has 1 fully saturated rings. The maximum atomic E-state index is 6.57. The number of nitrogens with one attached hydrogen (secondary N) is 1. The van der Waals surface area contributed by atoms with Crippen LogP contribution < -0.4 is 5.32 Å². The number of aromatic nitrogens is 3. The second-order valence-electron chi connectivity index (χ2n) is 6.66. The van der Waals surface area contributed by atoms with Gasteiger partial charge in [-0.05, 0) is 42.1 Å². The molecule has 1 N–H and O–H groups in total. The van der Waals surface area contributed by atoms with Crippen LogP contribution in [-0.2, 0) is 10.8 Å². The van der Waals surface area contributed by atoms with Crippen molar-refractivity contribution < 1.29 is 4.52 Å². The Morgan fingerprint density at radius 2 is 2.23 bits per heavy atom. The largest absolute Gasteiger partial charge is 0.369 e. The molecule has 1 saturated carbocycles. The van der Waals surface area contributed by atoms with E-state index < -0.39 is 0 Å². The Bertz CT molecular complexity index is 764. The minimum absolute atomic E-state index is 0.0136. The number of hydrogen-bond donors (Lipinski definition) is 1. The van der Waals surface area contributed by atoms with Gasteiger partial charge in [-0.1, -0.05) is 23.7 Å². The fraction of sp³-hybridized carbons (Fsp3) is 0.533. The van der Waals surface area contributed by atoms with E-state index in [2.05, 4.69) is 43.3 Å². The first-order valence-corrected chi connectivity index (χ1v) is 8.50. The third kappa shape index (κ3) is 1.93. The number of rotatable bonds is 1. The standard InChI is InChI=1S/C15H16BrClN4O/c1-8-20-13(22-21-8)14(2)3-4-15(6-14)7-19-12-10(15)11(17)9(16)5-18-12/h5H,3-4,6-7H2,1-2H3,(H,18,19). The van der Waals surface area contributed by atoms with Crippen LogP contribution in [-0.4, -0.2) is 21.7 Å². The summed E-state index contributed by atoms with van der Waals surface area (Å²) >= 11 is 10.1. The summed E-state index contributed by atoms with van der Waals surface area (Å²) < 4.78 is 6.30. The van der Waals surface area contributed by atoms with Crippen LogP contribution in [0.2, 0.25) is 5.02 Å². The molecular weight excluding hydrogens is 368 g/mol. The highest BCUT2D eigenvalue weighted by molar-refractivity contribution is 9.10. The minimum Gasteiger partial charge on any atom is -0.369 e. The molecule has 0 radical (unpaired) electrons. The van der Waals surface area contributed by atoms with Crippen LogP contribution in [0.15, 0.2) is 15.2 Å². The second kappa shape index (κ2) is 4.68. The van der Waals surface area contributed by atoms with Gasteiger partial charge in [-0.2, -0.15) is 4.98 Å². The van der Waals surface area contributed by atoms with E-state index in [1.165, 1.54) is 0 Å². The number of fused-ring (bicyclic) bond motifs is 2. The average Bonchev–Trinajstić information content (AvgIpc) is 3.15. The van der Waals surface area contributed by atoms with Gasteiger partial charge in [0, 0.05) is 29.1 Å². The van der Waals surface area contributed by atoms with Crippen molar-refractivity contribution in [3.8, 4) is 0 Å². The Kier molecular flexibility index (Phi) is 3.07. The molecule has 0 saturated heterocycles. The molecule has 22 heavy (non-hydrogen) atoms. The van der Waals surface area contributed by atoms with E-state index in [1.54, 1.807) is 6.20 Å². The molecule has 0 amide bonds. The lowest BCUT2D eigenvalue weighted by molar-refractivity contribution is 0.285. The van der Waals surface area contributed by atoms with Gasteiger partial charge in [0.25, 0.3) is 0 Å². The Morgan fingerprint density at radius 1 is 1.41 bits per heavy atom. The Labute approximate surface area is 142 Å². The van der Waals surface area contributed by atoms with E-state index >= 15 is 0 Å². The first-order valence-electron chi connectivity index (χ1n) is 7.33. The summed E-state index contributed by atoms with van der Waals surface area (Å²) in [6.07, 6.45) is 4.71. The Balaban J connectivity index is 1.77. The summed E-state index contributed by atoms with van der Waals surface area (Å²) in [5.74, 6) is 2.32. The summed E-state index contributed by atoms with van der Waals surface area (Å²) in [5, 5.41) is 8.13. The molecule has 2 aromatic heterocycles. The van der Waals surface area contributed by atoms with Crippen LogP contribution in [0.25, 0.3) is 0 Å². The summed E-state index contributed by atoms with van der Waals surface area (Å²) in [6, 6.07) is 0. The van der Waals surface area contributed by atoms with Crippen LogP contribution in [0.4, 0.5) is 5.82 Å².